The Bertz CT molecular complexity index is 1070. The van der Waals surface area contributed by atoms with Crippen LogP contribution in [0.25, 0.3) is 0 Å². The summed E-state index contributed by atoms with van der Waals surface area (Å²) in [4.78, 5) is 0. The highest BCUT2D eigenvalue weighted by Gasteiger charge is 2.09. The van der Waals surface area contributed by atoms with Crippen LogP contribution in [0.5, 0.6) is 0 Å². The predicted molar refractivity (Wildman–Crippen MR) is 129 cm³/mol. The Hall–Kier alpha value is -3.64. The summed E-state index contributed by atoms with van der Waals surface area (Å²) in [7, 11) is 0. The Kier molecular flexibility index (Phi) is 7.15. The number of aliphatic hydroxyl groups is 2. The summed E-state index contributed by atoms with van der Waals surface area (Å²) < 4.78 is 0. The minimum absolute atomic E-state index is 0.533. The molecule has 32 heavy (non-hydrogen) atoms. The zero-order chi connectivity index (χ0) is 22.2. The Morgan fingerprint density at radius 3 is 1.16 bits per heavy atom. The summed E-state index contributed by atoms with van der Waals surface area (Å²) >= 11 is 0. The maximum atomic E-state index is 10.5. The Morgan fingerprint density at radius 1 is 0.469 bits per heavy atom. The van der Waals surface area contributed by atoms with Gasteiger partial charge in [-0.1, -0.05) is 96.8 Å². The van der Waals surface area contributed by atoms with Gasteiger partial charge >= 0.3 is 0 Å². The third-order valence-electron chi connectivity index (χ3n) is 5.49. The Morgan fingerprint density at radius 2 is 0.812 bits per heavy atom. The van der Waals surface area contributed by atoms with Crippen LogP contribution in [0, 0.1) is 11.8 Å². The number of benzene rings is 4. The van der Waals surface area contributed by atoms with E-state index >= 15 is 0 Å². The van der Waals surface area contributed by atoms with Crippen LogP contribution in [0.4, 0.5) is 0 Å². The lowest BCUT2D eigenvalue weighted by Crippen LogP contribution is -2.01. The van der Waals surface area contributed by atoms with Crippen LogP contribution in [0.1, 0.15) is 45.6 Å². The second kappa shape index (κ2) is 10.6. The minimum atomic E-state index is -0.533. The van der Waals surface area contributed by atoms with Crippen molar-refractivity contribution in [3.05, 3.63) is 143 Å². The largest absolute Gasteiger partial charge is 0.388 e. The third-order valence-corrected chi connectivity index (χ3v) is 5.49. The van der Waals surface area contributed by atoms with E-state index in [4.69, 9.17) is 0 Å². The molecule has 2 unspecified atom stereocenters. The number of hydrogen-bond acceptors (Lipinski definition) is 2. The van der Waals surface area contributed by atoms with Gasteiger partial charge in [-0.2, -0.15) is 0 Å². The van der Waals surface area contributed by atoms with Gasteiger partial charge in [-0.05, 0) is 46.5 Å². The van der Waals surface area contributed by atoms with Crippen molar-refractivity contribution in [3.8, 4) is 11.8 Å². The molecule has 0 radical (unpaired) electrons. The van der Waals surface area contributed by atoms with Gasteiger partial charge in [0.05, 0.1) is 12.2 Å². The van der Waals surface area contributed by atoms with Crippen LogP contribution in [-0.4, -0.2) is 10.2 Å². The van der Waals surface area contributed by atoms with Crippen molar-refractivity contribution in [1.29, 1.82) is 0 Å². The molecule has 0 fully saturated rings. The van der Waals surface area contributed by atoms with Crippen LogP contribution < -0.4 is 0 Å². The molecule has 4 rings (SSSR count). The molecule has 0 aliphatic heterocycles. The SMILES string of the molecule is OC(Cc1ccccc1)c1ccc(C#Cc2ccc(C(O)Cc3ccccc3)cc2)cc1. The maximum absolute atomic E-state index is 10.5. The molecule has 4 aromatic carbocycles. The average molecular weight is 419 g/mol. The molecule has 2 nitrogen and oxygen atoms in total. The summed E-state index contributed by atoms with van der Waals surface area (Å²) in [5.74, 6) is 6.34. The Balaban J connectivity index is 1.36. The molecular formula is C30H26O2. The standard InChI is InChI=1S/C30H26O2/c31-29(21-25-7-3-1-4-8-25)27-17-13-23(14-18-27)11-12-24-15-19-28(20-16-24)30(32)22-26-9-5-2-6-10-26/h1-10,13-20,29-32H,21-22H2. The van der Waals surface area contributed by atoms with Gasteiger partial charge in [-0.15, -0.1) is 0 Å². The molecule has 0 aliphatic rings. The molecule has 0 spiro atoms. The van der Waals surface area contributed by atoms with Gasteiger partial charge in [0.15, 0.2) is 0 Å². The first-order chi connectivity index (χ1) is 15.7. The summed E-state index contributed by atoms with van der Waals surface area (Å²) in [5.41, 5.74) is 5.79. The van der Waals surface area contributed by atoms with Crippen molar-refractivity contribution in [1.82, 2.24) is 0 Å². The lowest BCUT2D eigenvalue weighted by atomic mass is 10.00. The lowest BCUT2D eigenvalue weighted by molar-refractivity contribution is 0.178. The first-order valence-electron chi connectivity index (χ1n) is 10.8. The highest BCUT2D eigenvalue weighted by molar-refractivity contribution is 5.44. The average Bonchev–Trinajstić information content (AvgIpc) is 2.84. The number of hydrogen-bond donors (Lipinski definition) is 2. The van der Waals surface area contributed by atoms with Gasteiger partial charge < -0.3 is 10.2 Å². The van der Waals surface area contributed by atoms with Crippen LogP contribution in [0.2, 0.25) is 0 Å². The molecule has 0 bridgehead atoms. The van der Waals surface area contributed by atoms with Crippen molar-refractivity contribution >= 4 is 0 Å². The quantitative estimate of drug-likeness (QED) is 0.398. The third kappa shape index (κ3) is 5.95. The fourth-order valence-electron chi connectivity index (χ4n) is 3.63. The molecule has 0 amide bonds. The highest BCUT2D eigenvalue weighted by Crippen LogP contribution is 2.20. The normalized spacial score (nSPS) is 12.4. The molecule has 158 valence electrons. The van der Waals surface area contributed by atoms with Crippen molar-refractivity contribution in [2.75, 3.05) is 0 Å². The van der Waals surface area contributed by atoms with E-state index in [1.165, 1.54) is 0 Å². The minimum Gasteiger partial charge on any atom is -0.388 e. The molecule has 4 aromatic rings. The van der Waals surface area contributed by atoms with Gasteiger partial charge in [0.1, 0.15) is 0 Å². The molecule has 0 saturated carbocycles. The van der Waals surface area contributed by atoms with Gasteiger partial charge in [0.2, 0.25) is 0 Å². The van der Waals surface area contributed by atoms with Gasteiger partial charge in [0.25, 0.3) is 0 Å². The molecule has 2 N–H and O–H groups in total. The zero-order valence-electron chi connectivity index (χ0n) is 17.9. The first kappa shape index (κ1) is 21.6. The molecule has 2 atom stereocenters. The van der Waals surface area contributed by atoms with E-state index in [2.05, 4.69) is 11.8 Å². The van der Waals surface area contributed by atoms with Crippen molar-refractivity contribution in [2.24, 2.45) is 0 Å². The topological polar surface area (TPSA) is 40.5 Å². The fourth-order valence-corrected chi connectivity index (χ4v) is 3.63. The smallest absolute Gasteiger partial charge is 0.0830 e. The monoisotopic (exact) mass is 418 g/mol. The fraction of sp³-hybridized carbons (Fsp3) is 0.133. The van der Waals surface area contributed by atoms with Crippen molar-refractivity contribution in [3.63, 3.8) is 0 Å². The summed E-state index contributed by atoms with van der Waals surface area (Å²) in [6, 6.07) is 35.5. The summed E-state index contributed by atoms with van der Waals surface area (Å²) in [6.07, 6.45) is 0.117. The van der Waals surface area contributed by atoms with Crippen LogP contribution in [0.15, 0.2) is 109 Å². The van der Waals surface area contributed by atoms with E-state index in [1.807, 2.05) is 109 Å². The van der Waals surface area contributed by atoms with E-state index in [0.29, 0.717) is 12.8 Å². The van der Waals surface area contributed by atoms with Crippen LogP contribution in [-0.2, 0) is 12.8 Å². The second-order valence-corrected chi connectivity index (χ2v) is 7.91. The number of aliphatic hydroxyl groups excluding tert-OH is 2. The molecule has 0 aromatic heterocycles. The zero-order valence-corrected chi connectivity index (χ0v) is 17.9. The Labute approximate surface area is 189 Å². The van der Waals surface area contributed by atoms with E-state index in [9.17, 15) is 10.2 Å². The van der Waals surface area contributed by atoms with Crippen molar-refractivity contribution in [2.45, 2.75) is 25.0 Å². The van der Waals surface area contributed by atoms with E-state index in [-0.39, 0.29) is 0 Å². The molecule has 0 aliphatic carbocycles. The predicted octanol–water partition coefficient (Wildman–Crippen LogP) is 5.64. The highest BCUT2D eigenvalue weighted by atomic mass is 16.3. The molecule has 2 heteroatoms. The van der Waals surface area contributed by atoms with E-state index < -0.39 is 12.2 Å². The summed E-state index contributed by atoms with van der Waals surface area (Å²) in [5, 5.41) is 21.0. The second-order valence-electron chi connectivity index (χ2n) is 7.91. The molecular weight excluding hydrogens is 392 g/mol. The maximum Gasteiger partial charge on any atom is 0.0830 e. The van der Waals surface area contributed by atoms with Crippen LogP contribution in [0.3, 0.4) is 0 Å². The van der Waals surface area contributed by atoms with E-state index in [0.717, 1.165) is 33.4 Å². The van der Waals surface area contributed by atoms with Gasteiger partial charge in [-0.25, -0.2) is 0 Å². The lowest BCUT2D eigenvalue weighted by Gasteiger charge is -2.11. The van der Waals surface area contributed by atoms with E-state index in [1.54, 1.807) is 0 Å². The summed E-state index contributed by atoms with van der Waals surface area (Å²) in [6.45, 7) is 0. The van der Waals surface area contributed by atoms with Crippen molar-refractivity contribution < 1.29 is 10.2 Å². The van der Waals surface area contributed by atoms with Gasteiger partial charge in [0, 0.05) is 24.0 Å². The number of rotatable bonds is 6. The van der Waals surface area contributed by atoms with Crippen LogP contribution >= 0.6 is 0 Å². The molecule has 0 saturated heterocycles. The van der Waals surface area contributed by atoms with Gasteiger partial charge in [-0.3, -0.25) is 0 Å². The molecule has 0 heterocycles. The first-order valence-corrected chi connectivity index (χ1v) is 10.8.